The van der Waals surface area contributed by atoms with Crippen molar-refractivity contribution in [2.24, 2.45) is 5.10 Å². The molecule has 6 heteroatoms. The highest BCUT2D eigenvalue weighted by Crippen LogP contribution is 2.35. The van der Waals surface area contributed by atoms with Gasteiger partial charge >= 0.3 is 0 Å². The number of amidine groups is 1. The average molecular weight is 249 g/mol. The summed E-state index contributed by atoms with van der Waals surface area (Å²) in [5.41, 5.74) is 4.14. The first-order valence-corrected chi connectivity index (χ1v) is 6.10. The van der Waals surface area contributed by atoms with Crippen LogP contribution in [0.3, 0.4) is 0 Å². The van der Waals surface area contributed by atoms with Gasteiger partial charge < -0.3 is 10.1 Å². The smallest absolute Gasteiger partial charge is 0.285 e. The zero-order valence-electron chi connectivity index (χ0n) is 9.14. The summed E-state index contributed by atoms with van der Waals surface area (Å²) >= 11 is 1.27. The lowest BCUT2D eigenvalue weighted by molar-refractivity contribution is 0.265. The molecule has 0 saturated carbocycles. The first kappa shape index (κ1) is 10.5. The summed E-state index contributed by atoms with van der Waals surface area (Å²) in [5, 5.41) is 6.87. The fourth-order valence-electron chi connectivity index (χ4n) is 1.96. The molecule has 17 heavy (non-hydrogen) atoms. The highest BCUT2D eigenvalue weighted by Gasteiger charge is 2.41. The Hall–Kier alpha value is -1.69. The highest BCUT2D eigenvalue weighted by molar-refractivity contribution is 8.15. The number of benzene rings is 1. The van der Waals surface area contributed by atoms with E-state index in [0.29, 0.717) is 0 Å². The van der Waals surface area contributed by atoms with Crippen molar-refractivity contribution in [1.29, 1.82) is 0 Å². The topological polar surface area (TPSA) is 62.7 Å². The van der Waals surface area contributed by atoms with E-state index >= 15 is 0 Å². The molecule has 0 spiro atoms. The molecular weight excluding hydrogens is 238 g/mol. The van der Waals surface area contributed by atoms with Gasteiger partial charge in [0.05, 0.1) is 18.4 Å². The van der Waals surface area contributed by atoms with Crippen molar-refractivity contribution in [2.75, 3.05) is 7.11 Å². The number of carbonyl (C=O) groups excluding carboxylic acids is 1. The molecule has 1 amide bonds. The van der Waals surface area contributed by atoms with E-state index in [9.17, 15) is 4.79 Å². The van der Waals surface area contributed by atoms with E-state index in [1.54, 1.807) is 7.11 Å². The third kappa shape index (κ3) is 1.74. The summed E-state index contributed by atoms with van der Waals surface area (Å²) in [6.07, 6.45) is 0. The summed E-state index contributed by atoms with van der Waals surface area (Å²) < 4.78 is 5.11. The number of methoxy groups -OCH3 is 1. The molecule has 0 bridgehead atoms. The van der Waals surface area contributed by atoms with Gasteiger partial charge in [0.15, 0.2) is 0 Å². The van der Waals surface area contributed by atoms with Gasteiger partial charge in [0, 0.05) is 0 Å². The highest BCUT2D eigenvalue weighted by atomic mass is 32.2. The lowest BCUT2D eigenvalue weighted by Gasteiger charge is -2.15. The minimum Gasteiger partial charge on any atom is -0.497 e. The molecule has 1 fully saturated rings. The Morgan fingerprint density at radius 3 is 2.82 bits per heavy atom. The number of nitrogens with one attached hydrogen (secondary N) is 2. The zero-order chi connectivity index (χ0) is 11.8. The number of ether oxygens (including phenoxy) is 1. The van der Waals surface area contributed by atoms with E-state index in [4.69, 9.17) is 4.74 Å². The van der Waals surface area contributed by atoms with E-state index < -0.39 is 0 Å². The SMILES string of the molecule is COc1ccc([C@H]2NN=C3NC(=O)S[C@@H]32)cc1. The Balaban J connectivity index is 1.83. The van der Waals surface area contributed by atoms with Gasteiger partial charge in [-0.25, -0.2) is 0 Å². The summed E-state index contributed by atoms with van der Waals surface area (Å²) in [6.45, 7) is 0. The Morgan fingerprint density at radius 1 is 1.35 bits per heavy atom. The summed E-state index contributed by atoms with van der Waals surface area (Å²) in [5.74, 6) is 1.54. The first-order valence-electron chi connectivity index (χ1n) is 5.22. The van der Waals surface area contributed by atoms with E-state index in [1.165, 1.54) is 11.8 Å². The van der Waals surface area contributed by atoms with Gasteiger partial charge in [-0.2, -0.15) is 5.10 Å². The molecule has 0 radical (unpaired) electrons. The molecule has 1 aromatic rings. The number of nitrogens with zero attached hydrogens (tertiary/aromatic N) is 1. The Kier molecular flexibility index (Phi) is 2.44. The number of hydrogen-bond acceptors (Lipinski definition) is 5. The fraction of sp³-hybridized carbons (Fsp3) is 0.273. The minimum absolute atomic E-state index is 0.0336. The summed E-state index contributed by atoms with van der Waals surface area (Å²) in [4.78, 5) is 11.3. The number of amides is 1. The van der Waals surface area contributed by atoms with Crippen molar-refractivity contribution in [3.8, 4) is 5.75 Å². The number of rotatable bonds is 2. The Morgan fingerprint density at radius 2 is 2.12 bits per heavy atom. The number of hydrogen-bond donors (Lipinski definition) is 2. The van der Waals surface area contributed by atoms with Crippen molar-refractivity contribution in [2.45, 2.75) is 11.3 Å². The predicted molar refractivity (Wildman–Crippen MR) is 66.2 cm³/mol. The van der Waals surface area contributed by atoms with Gasteiger partial charge in [-0.15, -0.1) is 0 Å². The summed E-state index contributed by atoms with van der Waals surface area (Å²) in [7, 11) is 1.64. The van der Waals surface area contributed by atoms with Gasteiger partial charge in [-0.3, -0.25) is 10.2 Å². The Labute approximate surface area is 103 Å². The molecule has 0 aromatic heterocycles. The Bertz CT molecular complexity index is 486. The number of fused-ring (bicyclic) bond motifs is 1. The molecule has 2 aliphatic rings. The second kappa shape index (κ2) is 3.96. The molecule has 0 unspecified atom stereocenters. The normalized spacial score (nSPS) is 25.9. The molecule has 2 aliphatic heterocycles. The molecule has 2 N–H and O–H groups in total. The lowest BCUT2D eigenvalue weighted by atomic mass is 10.0. The van der Waals surface area contributed by atoms with E-state index in [-0.39, 0.29) is 16.5 Å². The second-order valence-corrected chi connectivity index (χ2v) is 4.94. The van der Waals surface area contributed by atoms with Crippen molar-refractivity contribution >= 4 is 22.8 Å². The summed E-state index contributed by atoms with van der Waals surface area (Å²) in [6, 6.07) is 7.82. The quantitative estimate of drug-likeness (QED) is 0.833. The molecule has 0 aliphatic carbocycles. The monoisotopic (exact) mass is 249 g/mol. The van der Waals surface area contributed by atoms with Crippen molar-refractivity contribution < 1.29 is 9.53 Å². The van der Waals surface area contributed by atoms with Crippen LogP contribution in [0.2, 0.25) is 0 Å². The van der Waals surface area contributed by atoms with Crippen LogP contribution in [0.4, 0.5) is 4.79 Å². The zero-order valence-corrected chi connectivity index (χ0v) is 9.95. The number of hydrazone groups is 1. The maximum Gasteiger partial charge on any atom is 0.285 e. The van der Waals surface area contributed by atoms with Gasteiger partial charge in [0.2, 0.25) is 0 Å². The van der Waals surface area contributed by atoms with Crippen molar-refractivity contribution in [1.82, 2.24) is 10.7 Å². The molecule has 2 atom stereocenters. The van der Waals surface area contributed by atoms with Gasteiger partial charge in [0.25, 0.3) is 5.24 Å². The van der Waals surface area contributed by atoms with Gasteiger partial charge in [0.1, 0.15) is 11.6 Å². The van der Waals surface area contributed by atoms with E-state index in [0.717, 1.165) is 17.1 Å². The molecule has 5 nitrogen and oxygen atoms in total. The second-order valence-electron chi connectivity index (χ2n) is 3.83. The van der Waals surface area contributed by atoms with Crippen LogP contribution in [0.1, 0.15) is 11.6 Å². The standard InChI is InChI=1S/C11H11N3O2S/c1-16-7-4-2-6(3-5-7)8-9-10(14-13-8)12-11(15)17-9/h2-5,8-9,13H,1H3,(H,12,14,15)/t8-,9-/m1/s1. The van der Waals surface area contributed by atoms with Crippen LogP contribution < -0.4 is 15.5 Å². The lowest BCUT2D eigenvalue weighted by Crippen LogP contribution is -2.25. The predicted octanol–water partition coefficient (Wildman–Crippen LogP) is 1.48. The number of thioether (sulfide) groups is 1. The van der Waals surface area contributed by atoms with Crippen LogP contribution >= 0.6 is 11.8 Å². The molecule has 1 saturated heterocycles. The van der Waals surface area contributed by atoms with Crippen LogP contribution in [0, 0.1) is 0 Å². The van der Waals surface area contributed by atoms with Crippen LogP contribution in [0.15, 0.2) is 29.4 Å². The van der Waals surface area contributed by atoms with E-state index in [1.807, 2.05) is 24.3 Å². The van der Waals surface area contributed by atoms with Gasteiger partial charge in [-0.1, -0.05) is 23.9 Å². The third-order valence-corrected chi connectivity index (χ3v) is 3.90. The van der Waals surface area contributed by atoms with Crippen LogP contribution in [-0.4, -0.2) is 23.4 Å². The number of carbonyl (C=O) groups is 1. The average Bonchev–Trinajstić information content (AvgIpc) is 2.88. The maximum absolute atomic E-state index is 11.3. The van der Waals surface area contributed by atoms with Crippen molar-refractivity contribution in [3.63, 3.8) is 0 Å². The van der Waals surface area contributed by atoms with Crippen LogP contribution in [0.5, 0.6) is 5.75 Å². The molecule has 3 rings (SSSR count). The molecular formula is C11H11N3O2S. The third-order valence-electron chi connectivity index (χ3n) is 2.84. The van der Waals surface area contributed by atoms with Crippen LogP contribution in [-0.2, 0) is 0 Å². The van der Waals surface area contributed by atoms with Gasteiger partial charge in [-0.05, 0) is 17.7 Å². The van der Waals surface area contributed by atoms with Crippen LogP contribution in [0.25, 0.3) is 0 Å². The maximum atomic E-state index is 11.3. The first-order chi connectivity index (χ1) is 8.28. The largest absolute Gasteiger partial charge is 0.497 e. The molecule has 1 aromatic carbocycles. The molecule has 2 heterocycles. The molecule has 88 valence electrons. The van der Waals surface area contributed by atoms with Crippen molar-refractivity contribution in [3.05, 3.63) is 29.8 Å². The fourth-order valence-corrected chi connectivity index (χ4v) is 2.93. The minimum atomic E-state index is -0.0336. The van der Waals surface area contributed by atoms with E-state index in [2.05, 4.69) is 15.8 Å².